The first-order chi connectivity index (χ1) is 13.0. The van der Waals surface area contributed by atoms with E-state index in [1.54, 1.807) is 0 Å². The van der Waals surface area contributed by atoms with E-state index in [-0.39, 0.29) is 5.91 Å². The fourth-order valence-electron chi connectivity index (χ4n) is 3.31. The number of nitrogens with one attached hydrogen (secondary N) is 1. The van der Waals surface area contributed by atoms with E-state index in [9.17, 15) is 4.79 Å². The molecule has 27 heavy (non-hydrogen) atoms. The van der Waals surface area contributed by atoms with E-state index < -0.39 is 0 Å². The van der Waals surface area contributed by atoms with Gasteiger partial charge in [0.05, 0.1) is 21.4 Å². The van der Waals surface area contributed by atoms with Crippen LogP contribution in [0.3, 0.4) is 0 Å². The second kappa shape index (κ2) is 7.68. The van der Waals surface area contributed by atoms with Crippen LogP contribution < -0.4 is 10.2 Å². The Balaban J connectivity index is 1.65. The maximum Gasteiger partial charge on any atom is 0.267 e. The van der Waals surface area contributed by atoms with Crippen molar-refractivity contribution in [1.82, 2.24) is 4.90 Å². The van der Waals surface area contributed by atoms with Crippen molar-refractivity contribution in [3.63, 3.8) is 0 Å². The third kappa shape index (κ3) is 3.65. The fourth-order valence-corrected chi connectivity index (χ4v) is 5.01. The van der Waals surface area contributed by atoms with Gasteiger partial charge in [-0.1, -0.05) is 47.5 Å². The molecule has 0 aliphatic carbocycles. The van der Waals surface area contributed by atoms with Gasteiger partial charge < -0.3 is 15.1 Å². The molecule has 0 bridgehead atoms. The Labute approximate surface area is 172 Å². The smallest absolute Gasteiger partial charge is 0.267 e. The molecule has 2 aromatic carbocycles. The Hall–Kier alpha value is -1.79. The Morgan fingerprint density at radius 3 is 2.52 bits per heavy atom. The van der Waals surface area contributed by atoms with Crippen LogP contribution in [0.25, 0.3) is 10.1 Å². The topological polar surface area (TPSA) is 35.6 Å². The van der Waals surface area contributed by atoms with Gasteiger partial charge >= 0.3 is 0 Å². The first-order valence-corrected chi connectivity index (χ1v) is 10.3. The Morgan fingerprint density at radius 1 is 1.04 bits per heavy atom. The summed E-state index contributed by atoms with van der Waals surface area (Å²) in [7, 11) is 2.11. The van der Waals surface area contributed by atoms with Gasteiger partial charge in [0, 0.05) is 36.3 Å². The molecule has 1 aliphatic heterocycles. The number of benzene rings is 2. The third-order valence-electron chi connectivity index (χ3n) is 4.80. The highest BCUT2D eigenvalue weighted by Crippen LogP contribution is 2.38. The van der Waals surface area contributed by atoms with E-state index in [2.05, 4.69) is 22.2 Å². The predicted molar refractivity (Wildman–Crippen MR) is 116 cm³/mol. The molecule has 1 saturated heterocycles. The minimum atomic E-state index is -0.209. The number of fused-ring (bicyclic) bond motifs is 1. The monoisotopic (exact) mass is 419 g/mol. The van der Waals surface area contributed by atoms with Crippen LogP contribution in [0.5, 0.6) is 0 Å². The van der Waals surface area contributed by atoms with E-state index in [4.69, 9.17) is 23.2 Å². The zero-order chi connectivity index (χ0) is 19.0. The molecule has 0 radical (unpaired) electrons. The van der Waals surface area contributed by atoms with Crippen LogP contribution >= 0.6 is 34.5 Å². The number of amides is 1. The summed E-state index contributed by atoms with van der Waals surface area (Å²) in [6, 6.07) is 13.4. The molecule has 140 valence electrons. The average molecular weight is 420 g/mol. The number of nitrogens with zero attached hydrogens (tertiary/aromatic N) is 2. The normalized spacial score (nSPS) is 15.3. The molecule has 0 saturated carbocycles. The Kier molecular flexibility index (Phi) is 5.28. The minimum absolute atomic E-state index is 0.209. The summed E-state index contributed by atoms with van der Waals surface area (Å²) in [5.41, 5.74) is 1.59. The van der Waals surface area contributed by atoms with Crippen molar-refractivity contribution in [2.45, 2.75) is 0 Å². The van der Waals surface area contributed by atoms with E-state index in [1.807, 2.05) is 42.5 Å². The maximum atomic E-state index is 12.9. The number of carbonyl (C=O) groups is 1. The van der Waals surface area contributed by atoms with Crippen LogP contribution in [-0.2, 0) is 0 Å². The van der Waals surface area contributed by atoms with Crippen LogP contribution in [0.15, 0.2) is 42.5 Å². The summed E-state index contributed by atoms with van der Waals surface area (Å²) in [4.78, 5) is 18.0. The van der Waals surface area contributed by atoms with Crippen molar-refractivity contribution < 1.29 is 4.79 Å². The standard InChI is InChI=1S/C20H19Cl2N3OS/c1-24-9-11-25(12-10-24)18-14(21)6-4-7-15(18)23-20(26)19-17(22)13-5-2-3-8-16(13)27-19/h2-8H,9-12H2,1H3,(H,23,26). The van der Waals surface area contributed by atoms with Gasteiger partial charge in [0.1, 0.15) is 4.88 Å². The molecule has 0 unspecified atom stereocenters. The summed E-state index contributed by atoms with van der Waals surface area (Å²) < 4.78 is 0.998. The van der Waals surface area contributed by atoms with Gasteiger partial charge in [-0.05, 0) is 25.2 Å². The highest BCUT2D eigenvalue weighted by molar-refractivity contribution is 7.21. The number of hydrogen-bond acceptors (Lipinski definition) is 4. The summed E-state index contributed by atoms with van der Waals surface area (Å²) in [6.45, 7) is 3.65. The van der Waals surface area contributed by atoms with E-state index in [0.717, 1.165) is 42.0 Å². The highest BCUT2D eigenvalue weighted by Gasteiger charge is 2.22. The first-order valence-electron chi connectivity index (χ1n) is 8.75. The van der Waals surface area contributed by atoms with Gasteiger partial charge in [-0.2, -0.15) is 0 Å². The molecule has 1 aromatic heterocycles. The molecule has 1 fully saturated rings. The number of para-hydroxylation sites is 1. The molecule has 2 heterocycles. The van der Waals surface area contributed by atoms with Gasteiger partial charge in [0.25, 0.3) is 5.91 Å². The van der Waals surface area contributed by atoms with Crippen molar-refractivity contribution in [3.05, 3.63) is 57.4 Å². The first kappa shape index (κ1) is 18.6. The number of piperazine rings is 1. The number of hydrogen-bond donors (Lipinski definition) is 1. The Bertz CT molecular complexity index is 996. The van der Waals surface area contributed by atoms with Gasteiger partial charge in [-0.3, -0.25) is 4.79 Å². The molecule has 0 spiro atoms. The zero-order valence-corrected chi connectivity index (χ0v) is 17.2. The SMILES string of the molecule is CN1CCN(c2c(Cl)cccc2NC(=O)c2sc3ccccc3c2Cl)CC1. The van der Waals surface area contributed by atoms with Crippen LogP contribution in [0.2, 0.25) is 10.0 Å². The molecule has 4 nitrogen and oxygen atoms in total. The summed E-state index contributed by atoms with van der Waals surface area (Å²) in [6.07, 6.45) is 0. The number of thiophene rings is 1. The fraction of sp³-hybridized carbons (Fsp3) is 0.250. The Morgan fingerprint density at radius 2 is 1.78 bits per heavy atom. The second-order valence-corrected chi connectivity index (χ2v) is 8.46. The molecule has 1 aliphatic rings. The molecule has 4 rings (SSSR count). The summed E-state index contributed by atoms with van der Waals surface area (Å²) in [5.74, 6) is -0.209. The van der Waals surface area contributed by atoms with Crippen LogP contribution in [0.1, 0.15) is 9.67 Å². The lowest BCUT2D eigenvalue weighted by atomic mass is 10.2. The lowest BCUT2D eigenvalue weighted by Gasteiger charge is -2.35. The highest BCUT2D eigenvalue weighted by atomic mass is 35.5. The minimum Gasteiger partial charge on any atom is -0.366 e. The largest absolute Gasteiger partial charge is 0.366 e. The van der Waals surface area contributed by atoms with Crippen LogP contribution in [-0.4, -0.2) is 44.0 Å². The average Bonchev–Trinajstić information content (AvgIpc) is 3.00. The number of halogens is 2. The zero-order valence-electron chi connectivity index (χ0n) is 14.8. The maximum absolute atomic E-state index is 12.9. The number of anilines is 2. The lowest BCUT2D eigenvalue weighted by molar-refractivity contribution is 0.103. The van der Waals surface area contributed by atoms with Crippen LogP contribution in [0, 0.1) is 0 Å². The lowest BCUT2D eigenvalue weighted by Crippen LogP contribution is -2.44. The van der Waals surface area contributed by atoms with Crippen molar-refractivity contribution in [1.29, 1.82) is 0 Å². The number of likely N-dealkylation sites (N-methyl/N-ethyl adjacent to an activating group) is 1. The molecular weight excluding hydrogens is 401 g/mol. The molecular formula is C20H19Cl2N3OS. The van der Waals surface area contributed by atoms with Gasteiger partial charge in [0.15, 0.2) is 0 Å². The van der Waals surface area contributed by atoms with Crippen molar-refractivity contribution in [2.24, 2.45) is 0 Å². The molecule has 1 N–H and O–H groups in total. The van der Waals surface area contributed by atoms with Crippen molar-refractivity contribution in [2.75, 3.05) is 43.4 Å². The number of rotatable bonds is 3. The van der Waals surface area contributed by atoms with Gasteiger partial charge in [0.2, 0.25) is 0 Å². The quantitative estimate of drug-likeness (QED) is 0.632. The number of carbonyl (C=O) groups excluding carboxylic acids is 1. The third-order valence-corrected chi connectivity index (χ3v) is 6.77. The molecule has 3 aromatic rings. The molecule has 7 heteroatoms. The summed E-state index contributed by atoms with van der Waals surface area (Å²) in [5, 5.41) is 5.06. The van der Waals surface area contributed by atoms with Crippen molar-refractivity contribution in [3.8, 4) is 0 Å². The van der Waals surface area contributed by atoms with E-state index >= 15 is 0 Å². The summed E-state index contributed by atoms with van der Waals surface area (Å²) >= 11 is 14.4. The second-order valence-electron chi connectivity index (χ2n) is 6.62. The van der Waals surface area contributed by atoms with Crippen LogP contribution in [0.4, 0.5) is 11.4 Å². The van der Waals surface area contributed by atoms with Gasteiger partial charge in [-0.15, -0.1) is 11.3 Å². The van der Waals surface area contributed by atoms with Crippen molar-refractivity contribution >= 4 is 61.9 Å². The molecule has 0 atom stereocenters. The van der Waals surface area contributed by atoms with E-state index in [1.165, 1.54) is 11.3 Å². The molecule has 1 amide bonds. The van der Waals surface area contributed by atoms with E-state index in [0.29, 0.717) is 20.6 Å². The van der Waals surface area contributed by atoms with Gasteiger partial charge in [-0.25, -0.2) is 0 Å². The predicted octanol–water partition coefficient (Wildman–Crippen LogP) is 5.21.